The zero-order chi connectivity index (χ0) is 13.8. The third-order valence-electron chi connectivity index (χ3n) is 4.05. The Morgan fingerprint density at radius 3 is 2.05 bits per heavy atom. The van der Waals surface area contributed by atoms with Crippen LogP contribution >= 0.6 is 0 Å². The molecule has 2 aromatic rings. The Balaban J connectivity index is 2.00. The molecule has 1 N–H and O–H groups in total. The number of rotatable bonds is 4. The Hall–Kier alpha value is -1.64. The fraction of sp³-hybridized carbons (Fsp3) is 0.333. The highest BCUT2D eigenvalue weighted by Gasteiger charge is 2.22. The fourth-order valence-electron chi connectivity index (χ4n) is 3.05. The van der Waals surface area contributed by atoms with Gasteiger partial charge in [-0.3, -0.25) is 0 Å². The summed E-state index contributed by atoms with van der Waals surface area (Å²) in [5.41, 5.74) is 5.74. The van der Waals surface area contributed by atoms with Crippen LogP contribution in [0.1, 0.15) is 28.3 Å². The van der Waals surface area contributed by atoms with Crippen molar-refractivity contribution in [2.45, 2.75) is 18.9 Å². The van der Waals surface area contributed by atoms with Gasteiger partial charge in [-0.05, 0) is 35.1 Å². The Bertz CT molecular complexity index is 532. The van der Waals surface area contributed by atoms with Crippen molar-refractivity contribution in [1.29, 1.82) is 0 Å². The molecule has 0 amide bonds. The lowest BCUT2D eigenvalue weighted by Gasteiger charge is -2.21. The molecule has 3 rings (SSSR count). The predicted octanol–water partition coefficient (Wildman–Crippen LogP) is 3.11. The van der Waals surface area contributed by atoms with Crippen LogP contribution in [0.4, 0.5) is 0 Å². The Morgan fingerprint density at radius 1 is 0.950 bits per heavy atom. The van der Waals surface area contributed by atoms with Gasteiger partial charge in [0, 0.05) is 13.7 Å². The lowest BCUT2D eigenvalue weighted by atomic mass is 9.95. The van der Waals surface area contributed by atoms with Crippen molar-refractivity contribution in [3.05, 3.63) is 70.8 Å². The standard InChI is InChI=1S/C18H21NO/c1-20-13-12-19-18-16-8-4-2-6-14(16)10-11-15-7-3-5-9-17(15)18/h2-9,18-19H,10-13H2,1H3. The summed E-state index contributed by atoms with van der Waals surface area (Å²) in [5.74, 6) is 0. The fourth-order valence-corrected chi connectivity index (χ4v) is 3.05. The molecule has 0 saturated heterocycles. The summed E-state index contributed by atoms with van der Waals surface area (Å²) in [4.78, 5) is 0. The first-order valence-electron chi connectivity index (χ1n) is 7.28. The largest absolute Gasteiger partial charge is 0.383 e. The van der Waals surface area contributed by atoms with Crippen molar-refractivity contribution in [2.75, 3.05) is 20.3 Å². The van der Waals surface area contributed by atoms with Crippen molar-refractivity contribution in [2.24, 2.45) is 0 Å². The van der Waals surface area contributed by atoms with E-state index in [-0.39, 0.29) is 6.04 Å². The van der Waals surface area contributed by atoms with Gasteiger partial charge in [0.15, 0.2) is 0 Å². The summed E-state index contributed by atoms with van der Waals surface area (Å²) in [6, 6.07) is 17.8. The highest BCUT2D eigenvalue weighted by Crippen LogP contribution is 2.32. The molecule has 0 saturated carbocycles. The van der Waals surface area contributed by atoms with Crippen LogP contribution in [-0.4, -0.2) is 20.3 Å². The smallest absolute Gasteiger partial charge is 0.0587 e. The average Bonchev–Trinajstić information content (AvgIpc) is 2.66. The van der Waals surface area contributed by atoms with Crippen molar-refractivity contribution in [1.82, 2.24) is 5.32 Å². The average molecular weight is 267 g/mol. The number of benzene rings is 2. The molecular formula is C18H21NO. The zero-order valence-corrected chi connectivity index (χ0v) is 11.9. The summed E-state index contributed by atoms with van der Waals surface area (Å²) < 4.78 is 5.18. The summed E-state index contributed by atoms with van der Waals surface area (Å²) in [6.07, 6.45) is 2.24. The number of ether oxygens (including phenoxy) is 1. The SMILES string of the molecule is COCCNC1c2ccccc2CCc2ccccc21. The van der Waals surface area contributed by atoms with Crippen LogP contribution in [0.25, 0.3) is 0 Å². The van der Waals surface area contributed by atoms with E-state index in [9.17, 15) is 0 Å². The van der Waals surface area contributed by atoms with E-state index in [1.54, 1.807) is 7.11 Å². The Labute approximate surface area is 120 Å². The van der Waals surface area contributed by atoms with Gasteiger partial charge in [-0.2, -0.15) is 0 Å². The van der Waals surface area contributed by atoms with Crippen molar-refractivity contribution in [3.63, 3.8) is 0 Å². The van der Waals surface area contributed by atoms with E-state index in [1.165, 1.54) is 22.3 Å². The number of nitrogens with one attached hydrogen (secondary N) is 1. The molecule has 104 valence electrons. The second kappa shape index (κ2) is 6.21. The molecule has 2 nitrogen and oxygen atoms in total. The molecule has 1 aliphatic rings. The highest BCUT2D eigenvalue weighted by molar-refractivity contribution is 5.44. The highest BCUT2D eigenvalue weighted by atomic mass is 16.5. The van der Waals surface area contributed by atoms with E-state index in [1.807, 2.05) is 0 Å². The van der Waals surface area contributed by atoms with Crippen LogP contribution < -0.4 is 5.32 Å². The van der Waals surface area contributed by atoms with Crippen molar-refractivity contribution < 1.29 is 4.74 Å². The van der Waals surface area contributed by atoms with E-state index in [0.717, 1.165) is 26.0 Å². The maximum atomic E-state index is 5.18. The molecule has 0 atom stereocenters. The van der Waals surface area contributed by atoms with Crippen LogP contribution in [0.5, 0.6) is 0 Å². The van der Waals surface area contributed by atoms with Gasteiger partial charge in [-0.25, -0.2) is 0 Å². The van der Waals surface area contributed by atoms with E-state index in [2.05, 4.69) is 53.8 Å². The number of hydrogen-bond donors (Lipinski definition) is 1. The summed E-state index contributed by atoms with van der Waals surface area (Å²) in [5, 5.41) is 3.65. The minimum atomic E-state index is 0.278. The van der Waals surface area contributed by atoms with E-state index < -0.39 is 0 Å². The van der Waals surface area contributed by atoms with Crippen molar-refractivity contribution >= 4 is 0 Å². The van der Waals surface area contributed by atoms with E-state index >= 15 is 0 Å². The molecule has 0 unspecified atom stereocenters. The molecule has 0 spiro atoms. The van der Waals surface area contributed by atoms with Crippen LogP contribution in [0, 0.1) is 0 Å². The van der Waals surface area contributed by atoms with Crippen LogP contribution in [0.2, 0.25) is 0 Å². The third kappa shape index (κ3) is 2.62. The molecule has 1 aliphatic carbocycles. The van der Waals surface area contributed by atoms with Crippen LogP contribution in [0.15, 0.2) is 48.5 Å². The lowest BCUT2D eigenvalue weighted by Crippen LogP contribution is -2.26. The lowest BCUT2D eigenvalue weighted by molar-refractivity contribution is 0.197. The normalized spacial score (nSPS) is 14.4. The molecule has 0 aliphatic heterocycles. The quantitative estimate of drug-likeness (QED) is 0.859. The van der Waals surface area contributed by atoms with Gasteiger partial charge in [0.05, 0.1) is 12.6 Å². The molecule has 0 fully saturated rings. The van der Waals surface area contributed by atoms with Gasteiger partial charge in [0.1, 0.15) is 0 Å². The first-order valence-corrected chi connectivity index (χ1v) is 7.28. The third-order valence-corrected chi connectivity index (χ3v) is 4.05. The maximum absolute atomic E-state index is 5.18. The number of methoxy groups -OCH3 is 1. The first kappa shape index (κ1) is 13.3. The summed E-state index contributed by atoms with van der Waals surface area (Å²) in [7, 11) is 1.75. The van der Waals surface area contributed by atoms with Crippen LogP contribution in [0.3, 0.4) is 0 Å². The summed E-state index contributed by atoms with van der Waals surface area (Å²) >= 11 is 0. The molecule has 20 heavy (non-hydrogen) atoms. The number of fused-ring (bicyclic) bond motifs is 2. The number of hydrogen-bond acceptors (Lipinski definition) is 2. The van der Waals surface area contributed by atoms with Crippen LogP contribution in [-0.2, 0) is 17.6 Å². The Morgan fingerprint density at radius 2 is 1.50 bits per heavy atom. The summed E-state index contributed by atoms with van der Waals surface area (Å²) in [6.45, 7) is 1.60. The second-order valence-electron chi connectivity index (χ2n) is 5.28. The number of aryl methyl sites for hydroxylation is 2. The minimum Gasteiger partial charge on any atom is -0.383 e. The molecule has 0 bridgehead atoms. The molecule has 2 aromatic carbocycles. The van der Waals surface area contributed by atoms with Gasteiger partial charge < -0.3 is 10.1 Å². The second-order valence-corrected chi connectivity index (χ2v) is 5.28. The zero-order valence-electron chi connectivity index (χ0n) is 11.9. The Kier molecular flexibility index (Phi) is 4.14. The van der Waals surface area contributed by atoms with E-state index in [0.29, 0.717) is 0 Å². The van der Waals surface area contributed by atoms with Gasteiger partial charge >= 0.3 is 0 Å². The van der Waals surface area contributed by atoms with E-state index in [4.69, 9.17) is 4.74 Å². The van der Waals surface area contributed by atoms with Gasteiger partial charge in [0.2, 0.25) is 0 Å². The van der Waals surface area contributed by atoms with Crippen molar-refractivity contribution in [3.8, 4) is 0 Å². The molecule has 2 heteroatoms. The van der Waals surface area contributed by atoms with Gasteiger partial charge in [0.25, 0.3) is 0 Å². The molecule has 0 aromatic heterocycles. The predicted molar refractivity (Wildman–Crippen MR) is 82.0 cm³/mol. The minimum absolute atomic E-state index is 0.278. The van der Waals surface area contributed by atoms with Gasteiger partial charge in [-0.15, -0.1) is 0 Å². The maximum Gasteiger partial charge on any atom is 0.0587 e. The van der Waals surface area contributed by atoms with Gasteiger partial charge in [-0.1, -0.05) is 48.5 Å². The topological polar surface area (TPSA) is 21.3 Å². The monoisotopic (exact) mass is 267 g/mol. The molecule has 0 radical (unpaired) electrons. The molecular weight excluding hydrogens is 246 g/mol. The first-order chi connectivity index (χ1) is 9.90. The molecule has 0 heterocycles.